The number of ether oxygens (including phenoxy) is 1. The van der Waals surface area contributed by atoms with Gasteiger partial charge in [0.05, 0.1) is 39.2 Å². The first-order chi connectivity index (χ1) is 13.8. The van der Waals surface area contributed by atoms with Gasteiger partial charge in [-0.05, 0) is 43.7 Å². The minimum Gasteiger partial charge on any atom is -0.455 e. The summed E-state index contributed by atoms with van der Waals surface area (Å²) in [6.45, 7) is 3.27. The van der Waals surface area contributed by atoms with Gasteiger partial charge in [0, 0.05) is 0 Å². The molecule has 1 heterocycles. The zero-order valence-electron chi connectivity index (χ0n) is 15.9. The number of amides is 1. The topological polar surface area (TPSA) is 73.2 Å². The van der Waals surface area contributed by atoms with E-state index < -0.39 is 18.5 Å². The second kappa shape index (κ2) is 9.11. The molecule has 0 saturated heterocycles. The molecular formula is C21H19Cl2N3O3. The Kier molecular flexibility index (Phi) is 6.56. The van der Waals surface area contributed by atoms with E-state index in [4.69, 9.17) is 27.9 Å². The van der Waals surface area contributed by atoms with Crippen LogP contribution in [0, 0.1) is 13.8 Å². The van der Waals surface area contributed by atoms with E-state index in [1.807, 2.05) is 37.3 Å². The van der Waals surface area contributed by atoms with Crippen molar-refractivity contribution in [1.82, 2.24) is 9.78 Å². The lowest BCUT2D eigenvalue weighted by Gasteiger charge is -2.08. The number of anilines is 1. The molecule has 0 radical (unpaired) electrons. The van der Waals surface area contributed by atoms with Gasteiger partial charge in [-0.25, -0.2) is 4.68 Å². The highest BCUT2D eigenvalue weighted by molar-refractivity contribution is 6.42. The molecule has 6 nitrogen and oxygen atoms in total. The van der Waals surface area contributed by atoms with Crippen molar-refractivity contribution in [3.05, 3.63) is 75.5 Å². The van der Waals surface area contributed by atoms with Crippen LogP contribution < -0.4 is 5.32 Å². The fraction of sp³-hybridized carbons (Fsp3) is 0.190. The number of esters is 1. The SMILES string of the molecule is Cc1nn(-c2ccccc2)c(C)c1NC(=O)COC(=O)Cc1ccc(Cl)c(Cl)c1. The zero-order valence-corrected chi connectivity index (χ0v) is 17.4. The number of para-hydroxylation sites is 1. The molecule has 1 N–H and O–H groups in total. The highest BCUT2D eigenvalue weighted by Gasteiger charge is 2.16. The van der Waals surface area contributed by atoms with Gasteiger partial charge in [-0.1, -0.05) is 47.5 Å². The van der Waals surface area contributed by atoms with Crippen LogP contribution in [-0.4, -0.2) is 28.3 Å². The minimum atomic E-state index is -0.535. The molecule has 150 valence electrons. The summed E-state index contributed by atoms with van der Waals surface area (Å²) in [5, 5.41) is 8.00. The fourth-order valence-corrected chi connectivity index (χ4v) is 3.15. The van der Waals surface area contributed by atoms with Crippen molar-refractivity contribution in [2.75, 3.05) is 11.9 Å². The molecule has 2 aromatic carbocycles. The summed E-state index contributed by atoms with van der Waals surface area (Å²) in [7, 11) is 0. The molecule has 1 amide bonds. The zero-order chi connectivity index (χ0) is 21.0. The van der Waals surface area contributed by atoms with Gasteiger partial charge >= 0.3 is 5.97 Å². The van der Waals surface area contributed by atoms with E-state index in [-0.39, 0.29) is 6.42 Å². The van der Waals surface area contributed by atoms with E-state index in [0.29, 0.717) is 27.0 Å². The number of hydrogen-bond donors (Lipinski definition) is 1. The number of nitrogens with zero attached hydrogens (tertiary/aromatic N) is 2. The van der Waals surface area contributed by atoms with Crippen molar-refractivity contribution < 1.29 is 14.3 Å². The van der Waals surface area contributed by atoms with Crippen LogP contribution in [0.2, 0.25) is 10.0 Å². The number of nitrogens with one attached hydrogen (secondary N) is 1. The lowest BCUT2D eigenvalue weighted by atomic mass is 10.1. The maximum absolute atomic E-state index is 12.3. The fourth-order valence-electron chi connectivity index (χ4n) is 2.83. The summed E-state index contributed by atoms with van der Waals surface area (Å²) in [6, 6.07) is 14.5. The largest absolute Gasteiger partial charge is 0.455 e. The maximum atomic E-state index is 12.3. The Morgan fingerprint density at radius 2 is 1.79 bits per heavy atom. The van der Waals surface area contributed by atoms with Crippen molar-refractivity contribution in [2.24, 2.45) is 0 Å². The lowest BCUT2D eigenvalue weighted by Crippen LogP contribution is -2.22. The molecule has 0 aliphatic rings. The summed E-state index contributed by atoms with van der Waals surface area (Å²) in [4.78, 5) is 24.2. The highest BCUT2D eigenvalue weighted by Crippen LogP contribution is 2.24. The molecule has 0 saturated carbocycles. The Bertz CT molecular complexity index is 1050. The van der Waals surface area contributed by atoms with Crippen LogP contribution in [0.1, 0.15) is 17.0 Å². The Labute approximate surface area is 178 Å². The predicted molar refractivity (Wildman–Crippen MR) is 113 cm³/mol. The first-order valence-electron chi connectivity index (χ1n) is 8.86. The maximum Gasteiger partial charge on any atom is 0.310 e. The number of aryl methyl sites for hydroxylation is 1. The Balaban J connectivity index is 1.59. The third-order valence-electron chi connectivity index (χ3n) is 4.25. The van der Waals surface area contributed by atoms with E-state index in [1.54, 1.807) is 29.8 Å². The molecule has 0 atom stereocenters. The molecule has 0 unspecified atom stereocenters. The van der Waals surface area contributed by atoms with E-state index in [2.05, 4.69) is 10.4 Å². The van der Waals surface area contributed by atoms with Gasteiger partial charge in [0.1, 0.15) is 0 Å². The second-order valence-corrected chi connectivity index (χ2v) is 7.24. The van der Waals surface area contributed by atoms with Gasteiger partial charge in [-0.15, -0.1) is 0 Å². The molecule has 0 spiro atoms. The van der Waals surface area contributed by atoms with Gasteiger partial charge in [-0.3, -0.25) is 9.59 Å². The molecule has 29 heavy (non-hydrogen) atoms. The first kappa shape index (κ1) is 20.9. The molecule has 3 rings (SSSR count). The van der Waals surface area contributed by atoms with E-state index in [9.17, 15) is 9.59 Å². The summed E-state index contributed by atoms with van der Waals surface area (Å²) in [6.07, 6.45) is -0.00579. The van der Waals surface area contributed by atoms with Crippen LogP contribution in [0.4, 0.5) is 5.69 Å². The van der Waals surface area contributed by atoms with Gasteiger partial charge in [-0.2, -0.15) is 5.10 Å². The molecule has 3 aromatic rings. The summed E-state index contributed by atoms with van der Waals surface area (Å²) < 4.78 is 6.82. The first-order valence-corrected chi connectivity index (χ1v) is 9.62. The van der Waals surface area contributed by atoms with Crippen LogP contribution in [0.25, 0.3) is 5.69 Å². The summed E-state index contributed by atoms with van der Waals surface area (Å²) >= 11 is 11.8. The molecular weight excluding hydrogens is 413 g/mol. The monoisotopic (exact) mass is 431 g/mol. The van der Waals surface area contributed by atoms with E-state index in [0.717, 1.165) is 11.4 Å². The van der Waals surface area contributed by atoms with Crippen LogP contribution in [-0.2, 0) is 20.7 Å². The Morgan fingerprint density at radius 3 is 2.48 bits per heavy atom. The van der Waals surface area contributed by atoms with Crippen molar-refractivity contribution in [3.8, 4) is 5.69 Å². The van der Waals surface area contributed by atoms with Crippen LogP contribution in [0.3, 0.4) is 0 Å². The van der Waals surface area contributed by atoms with Gasteiger partial charge in [0.2, 0.25) is 0 Å². The van der Waals surface area contributed by atoms with E-state index >= 15 is 0 Å². The smallest absolute Gasteiger partial charge is 0.310 e. The highest BCUT2D eigenvalue weighted by atomic mass is 35.5. The normalized spacial score (nSPS) is 10.6. The number of halogens is 2. The predicted octanol–water partition coefficient (Wildman–Crippen LogP) is 4.52. The van der Waals surface area contributed by atoms with Crippen molar-refractivity contribution in [1.29, 1.82) is 0 Å². The number of benzene rings is 2. The number of hydrogen-bond acceptors (Lipinski definition) is 4. The molecule has 1 aromatic heterocycles. The van der Waals surface area contributed by atoms with Crippen molar-refractivity contribution in [2.45, 2.75) is 20.3 Å². The third kappa shape index (κ3) is 5.16. The number of carbonyl (C=O) groups excluding carboxylic acids is 2. The molecule has 0 aliphatic carbocycles. The molecule has 0 aliphatic heterocycles. The quantitative estimate of drug-likeness (QED) is 0.582. The summed E-state index contributed by atoms with van der Waals surface area (Å²) in [5.41, 5.74) is 3.59. The lowest BCUT2D eigenvalue weighted by molar-refractivity contribution is -0.146. The summed E-state index contributed by atoms with van der Waals surface area (Å²) in [5.74, 6) is -0.974. The van der Waals surface area contributed by atoms with Gasteiger partial charge in [0.25, 0.3) is 5.91 Å². The van der Waals surface area contributed by atoms with Crippen molar-refractivity contribution in [3.63, 3.8) is 0 Å². The Hall–Kier alpha value is -2.83. The average Bonchev–Trinajstić information content (AvgIpc) is 2.98. The minimum absolute atomic E-state index is 0.00579. The molecule has 8 heteroatoms. The standard InChI is InChI=1S/C21H19Cl2N3O3/c1-13-21(14(2)26(25-13)16-6-4-3-5-7-16)24-19(27)12-29-20(28)11-15-8-9-17(22)18(23)10-15/h3-10H,11-12H2,1-2H3,(H,24,27). The number of rotatable bonds is 6. The third-order valence-corrected chi connectivity index (χ3v) is 4.99. The second-order valence-electron chi connectivity index (χ2n) is 6.43. The molecule has 0 fully saturated rings. The number of carbonyl (C=O) groups is 2. The Morgan fingerprint density at radius 1 is 1.07 bits per heavy atom. The number of aromatic nitrogens is 2. The van der Waals surface area contributed by atoms with Crippen LogP contribution in [0.5, 0.6) is 0 Å². The van der Waals surface area contributed by atoms with Gasteiger partial charge in [0.15, 0.2) is 6.61 Å². The average molecular weight is 432 g/mol. The van der Waals surface area contributed by atoms with Gasteiger partial charge < -0.3 is 10.1 Å². The molecule has 0 bridgehead atoms. The van der Waals surface area contributed by atoms with E-state index in [1.165, 1.54) is 0 Å². The van der Waals surface area contributed by atoms with Crippen molar-refractivity contribution >= 4 is 40.8 Å². The van der Waals surface area contributed by atoms with Crippen LogP contribution >= 0.6 is 23.2 Å². The van der Waals surface area contributed by atoms with Crippen LogP contribution in [0.15, 0.2) is 48.5 Å².